The largest absolute Gasteiger partial charge is 0.314 e. The average molecular weight is 249 g/mol. The van der Waals surface area contributed by atoms with Crippen LogP contribution in [0.5, 0.6) is 0 Å². The monoisotopic (exact) mass is 249 g/mol. The van der Waals surface area contributed by atoms with Crippen molar-refractivity contribution in [1.82, 2.24) is 4.90 Å². The van der Waals surface area contributed by atoms with Gasteiger partial charge in [-0.1, -0.05) is 12.8 Å². The van der Waals surface area contributed by atoms with Crippen LogP contribution in [0.15, 0.2) is 0 Å². The van der Waals surface area contributed by atoms with E-state index in [4.69, 9.17) is 11.0 Å². The lowest BCUT2D eigenvalue weighted by molar-refractivity contribution is 0.185. The van der Waals surface area contributed by atoms with Gasteiger partial charge in [0.2, 0.25) is 0 Å². The summed E-state index contributed by atoms with van der Waals surface area (Å²) in [6.45, 7) is 4.23. The maximum atomic E-state index is 8.92. The Balaban J connectivity index is 1.76. The fourth-order valence-electron chi connectivity index (χ4n) is 3.71. The number of nitrogens with two attached hydrogens (primary N) is 1. The van der Waals surface area contributed by atoms with Gasteiger partial charge in [0.05, 0.1) is 6.07 Å². The van der Waals surface area contributed by atoms with E-state index in [9.17, 15) is 0 Å². The summed E-state index contributed by atoms with van der Waals surface area (Å²) in [6, 6.07) is 3.02. The smallest absolute Gasteiger partial charge is 0.101 e. The van der Waals surface area contributed by atoms with Crippen LogP contribution in [0.2, 0.25) is 0 Å². The van der Waals surface area contributed by atoms with Crippen molar-refractivity contribution < 1.29 is 0 Å². The maximum Gasteiger partial charge on any atom is 0.101 e. The molecule has 2 unspecified atom stereocenters. The van der Waals surface area contributed by atoms with Gasteiger partial charge in [-0.15, -0.1) is 0 Å². The number of nitriles is 1. The second-order valence-electron chi connectivity index (χ2n) is 6.42. The van der Waals surface area contributed by atoms with E-state index in [1.165, 1.54) is 45.1 Å². The Morgan fingerprint density at radius 3 is 2.67 bits per heavy atom. The van der Waals surface area contributed by atoms with E-state index in [0.29, 0.717) is 0 Å². The van der Waals surface area contributed by atoms with E-state index in [1.54, 1.807) is 0 Å². The van der Waals surface area contributed by atoms with Crippen LogP contribution in [0.1, 0.15) is 58.3 Å². The molecule has 0 amide bonds. The Morgan fingerprint density at radius 2 is 2.00 bits per heavy atom. The minimum Gasteiger partial charge on any atom is -0.314 e. The Morgan fingerprint density at radius 1 is 1.28 bits per heavy atom. The summed E-state index contributed by atoms with van der Waals surface area (Å²) in [5.41, 5.74) is 5.24. The first-order valence-corrected chi connectivity index (χ1v) is 7.56. The molecular weight excluding hydrogens is 222 g/mol. The highest BCUT2D eigenvalue weighted by molar-refractivity contribution is 5.00. The van der Waals surface area contributed by atoms with Crippen LogP contribution >= 0.6 is 0 Å². The molecule has 2 fully saturated rings. The second kappa shape index (κ2) is 6.04. The van der Waals surface area contributed by atoms with Crippen molar-refractivity contribution in [2.24, 2.45) is 11.7 Å². The van der Waals surface area contributed by atoms with Crippen LogP contribution in [0, 0.1) is 17.2 Å². The summed E-state index contributed by atoms with van der Waals surface area (Å²) in [4.78, 5) is 2.67. The zero-order valence-corrected chi connectivity index (χ0v) is 11.7. The molecule has 1 saturated heterocycles. The third kappa shape index (κ3) is 3.46. The van der Waals surface area contributed by atoms with Gasteiger partial charge in [-0.3, -0.25) is 0 Å². The number of nitrogens with zero attached hydrogens (tertiary/aromatic N) is 2. The topological polar surface area (TPSA) is 53.1 Å². The molecule has 1 heterocycles. The van der Waals surface area contributed by atoms with Crippen LogP contribution in [0.3, 0.4) is 0 Å². The van der Waals surface area contributed by atoms with E-state index >= 15 is 0 Å². The molecule has 0 bridgehead atoms. The van der Waals surface area contributed by atoms with Crippen molar-refractivity contribution in [1.29, 1.82) is 5.26 Å². The molecule has 18 heavy (non-hydrogen) atoms. The van der Waals surface area contributed by atoms with Crippen LogP contribution in [-0.2, 0) is 0 Å². The number of hydrogen-bond acceptors (Lipinski definition) is 3. The van der Waals surface area contributed by atoms with Crippen molar-refractivity contribution in [3.8, 4) is 6.07 Å². The first kappa shape index (κ1) is 13.8. The van der Waals surface area contributed by atoms with E-state index in [2.05, 4.69) is 11.0 Å². The predicted octanol–water partition coefficient (Wildman–Crippen LogP) is 2.66. The van der Waals surface area contributed by atoms with E-state index < -0.39 is 5.54 Å². The third-order valence-electron chi connectivity index (χ3n) is 4.76. The molecule has 2 aliphatic rings. The molecule has 0 aromatic carbocycles. The van der Waals surface area contributed by atoms with E-state index in [0.717, 1.165) is 31.3 Å². The standard InChI is InChI=1S/C15H27N3/c1-15(17,12-16)9-5-11-18-10-4-8-14(18)13-6-2-3-7-13/h13-14H,2-11,17H2,1H3. The van der Waals surface area contributed by atoms with Gasteiger partial charge in [0.25, 0.3) is 0 Å². The van der Waals surface area contributed by atoms with Crippen molar-refractivity contribution in [3.63, 3.8) is 0 Å². The summed E-state index contributed by atoms with van der Waals surface area (Å²) >= 11 is 0. The average Bonchev–Trinajstić information content (AvgIpc) is 2.98. The lowest BCUT2D eigenvalue weighted by Crippen LogP contribution is -2.38. The van der Waals surface area contributed by atoms with Crippen LogP contribution in [-0.4, -0.2) is 29.6 Å². The van der Waals surface area contributed by atoms with Crippen LogP contribution in [0.25, 0.3) is 0 Å². The molecule has 2 atom stereocenters. The Kier molecular flexibility index (Phi) is 4.64. The fourth-order valence-corrected chi connectivity index (χ4v) is 3.71. The van der Waals surface area contributed by atoms with Crippen molar-refractivity contribution in [2.45, 2.75) is 69.9 Å². The fraction of sp³-hybridized carbons (Fsp3) is 0.933. The molecule has 3 heteroatoms. The first-order valence-electron chi connectivity index (χ1n) is 7.56. The van der Waals surface area contributed by atoms with Crippen LogP contribution in [0.4, 0.5) is 0 Å². The van der Waals surface area contributed by atoms with Gasteiger partial charge in [-0.2, -0.15) is 5.26 Å². The molecule has 1 aliphatic carbocycles. The van der Waals surface area contributed by atoms with Crippen molar-refractivity contribution >= 4 is 0 Å². The Labute approximate surface area is 111 Å². The van der Waals surface area contributed by atoms with Crippen LogP contribution < -0.4 is 5.73 Å². The lowest BCUT2D eigenvalue weighted by Gasteiger charge is -2.30. The summed E-state index contributed by atoms with van der Waals surface area (Å²) in [6.07, 6.45) is 10.4. The molecule has 102 valence electrons. The summed E-state index contributed by atoms with van der Waals surface area (Å²) < 4.78 is 0. The molecule has 0 spiro atoms. The molecule has 2 N–H and O–H groups in total. The predicted molar refractivity (Wildman–Crippen MR) is 74.0 cm³/mol. The second-order valence-corrected chi connectivity index (χ2v) is 6.42. The quantitative estimate of drug-likeness (QED) is 0.815. The van der Waals surface area contributed by atoms with Gasteiger partial charge in [0.15, 0.2) is 0 Å². The molecule has 2 rings (SSSR count). The summed E-state index contributed by atoms with van der Waals surface area (Å²) in [5.74, 6) is 0.952. The lowest BCUT2D eigenvalue weighted by atomic mass is 9.95. The molecule has 0 aromatic rings. The number of hydrogen-bond donors (Lipinski definition) is 1. The molecule has 0 aromatic heterocycles. The Hall–Kier alpha value is -0.590. The van der Waals surface area contributed by atoms with Gasteiger partial charge >= 0.3 is 0 Å². The van der Waals surface area contributed by atoms with Gasteiger partial charge in [-0.25, -0.2) is 0 Å². The molecule has 3 nitrogen and oxygen atoms in total. The first-order chi connectivity index (χ1) is 8.62. The van der Waals surface area contributed by atoms with E-state index in [1.807, 2.05) is 6.92 Å². The highest BCUT2D eigenvalue weighted by Crippen LogP contribution is 2.35. The molecule has 1 saturated carbocycles. The van der Waals surface area contributed by atoms with Crippen molar-refractivity contribution in [2.75, 3.05) is 13.1 Å². The van der Waals surface area contributed by atoms with E-state index in [-0.39, 0.29) is 0 Å². The van der Waals surface area contributed by atoms with Gasteiger partial charge in [-0.05, 0) is 64.5 Å². The minimum absolute atomic E-state index is 0.636. The highest BCUT2D eigenvalue weighted by atomic mass is 15.2. The summed E-state index contributed by atoms with van der Waals surface area (Å²) in [5, 5.41) is 8.92. The zero-order valence-electron chi connectivity index (χ0n) is 11.7. The number of likely N-dealkylation sites (tertiary alicyclic amines) is 1. The third-order valence-corrected chi connectivity index (χ3v) is 4.76. The molecule has 1 aliphatic heterocycles. The molecule has 0 radical (unpaired) electrons. The normalized spacial score (nSPS) is 29.3. The minimum atomic E-state index is -0.636. The Bertz CT molecular complexity index is 299. The number of rotatable bonds is 5. The van der Waals surface area contributed by atoms with Gasteiger partial charge < -0.3 is 10.6 Å². The SMILES string of the molecule is CC(N)(C#N)CCCN1CCCC1C1CCCC1. The van der Waals surface area contributed by atoms with Crippen molar-refractivity contribution in [3.05, 3.63) is 0 Å². The zero-order chi connectivity index (χ0) is 13.0. The molecular formula is C15H27N3. The highest BCUT2D eigenvalue weighted by Gasteiger charge is 2.33. The summed E-state index contributed by atoms with van der Waals surface area (Å²) in [7, 11) is 0. The van der Waals surface area contributed by atoms with Gasteiger partial charge in [0, 0.05) is 6.04 Å². The van der Waals surface area contributed by atoms with Gasteiger partial charge in [0.1, 0.15) is 5.54 Å². The maximum absolute atomic E-state index is 8.92.